The average molecular weight is 387 g/mol. The lowest BCUT2D eigenvalue weighted by molar-refractivity contribution is -0.121. The molecule has 8 heteroatoms. The molecule has 0 fully saturated rings. The van der Waals surface area contributed by atoms with Gasteiger partial charge in [-0.05, 0) is 31.0 Å². The second kappa shape index (κ2) is 7.26. The molecule has 27 heavy (non-hydrogen) atoms. The first-order valence-electron chi connectivity index (χ1n) is 8.97. The number of amides is 1. The molecule has 1 aromatic carbocycles. The lowest BCUT2D eigenvalue weighted by Crippen LogP contribution is -2.32. The van der Waals surface area contributed by atoms with Gasteiger partial charge in [0, 0.05) is 30.0 Å². The van der Waals surface area contributed by atoms with E-state index >= 15 is 0 Å². The Morgan fingerprint density at radius 3 is 3.00 bits per heavy atom. The van der Waals surface area contributed by atoms with Crippen molar-refractivity contribution in [2.45, 2.75) is 44.4 Å². The van der Waals surface area contributed by atoms with Gasteiger partial charge in [-0.2, -0.15) is 0 Å². The largest absolute Gasteiger partial charge is 0.454 e. The number of hydrogen-bond acceptors (Lipinski definition) is 6. The van der Waals surface area contributed by atoms with Gasteiger partial charge in [-0.1, -0.05) is 24.8 Å². The number of nitrogens with zero attached hydrogens (tertiary/aromatic N) is 2. The zero-order valence-corrected chi connectivity index (χ0v) is 16.1. The molecule has 1 aromatic heterocycles. The molecule has 142 valence electrons. The molecule has 0 saturated heterocycles. The van der Waals surface area contributed by atoms with Gasteiger partial charge in [0.25, 0.3) is 5.56 Å². The molecule has 0 radical (unpaired) electrons. The predicted octanol–water partition coefficient (Wildman–Crippen LogP) is 2.20. The maximum absolute atomic E-state index is 12.7. The maximum atomic E-state index is 12.7. The van der Waals surface area contributed by atoms with Crippen molar-refractivity contribution in [3.05, 3.63) is 45.4 Å². The zero-order valence-electron chi connectivity index (χ0n) is 15.3. The quantitative estimate of drug-likeness (QED) is 0.792. The number of aryl methyl sites for hydroxylation is 1. The van der Waals surface area contributed by atoms with Crippen molar-refractivity contribution in [1.82, 2.24) is 14.9 Å². The molecule has 2 aliphatic heterocycles. The van der Waals surface area contributed by atoms with Crippen LogP contribution in [0.3, 0.4) is 0 Å². The highest BCUT2D eigenvalue weighted by atomic mass is 32.2. The fourth-order valence-corrected chi connectivity index (χ4v) is 4.60. The molecule has 1 atom stereocenters. The third kappa shape index (κ3) is 3.41. The Balaban J connectivity index is 1.42. The van der Waals surface area contributed by atoms with E-state index in [9.17, 15) is 9.59 Å². The summed E-state index contributed by atoms with van der Waals surface area (Å²) in [6, 6.07) is 5.45. The van der Waals surface area contributed by atoms with E-state index < -0.39 is 0 Å². The maximum Gasteiger partial charge on any atom is 0.257 e. The molecular weight excluding hydrogens is 366 g/mol. The van der Waals surface area contributed by atoms with Gasteiger partial charge in [-0.15, -0.1) is 0 Å². The molecule has 0 bridgehead atoms. The number of ether oxygens (including phenoxy) is 2. The number of carbonyl (C=O) groups is 1. The summed E-state index contributed by atoms with van der Waals surface area (Å²) in [4.78, 5) is 29.7. The molecule has 1 amide bonds. The van der Waals surface area contributed by atoms with Crippen molar-refractivity contribution in [3.8, 4) is 11.5 Å². The second-order valence-corrected chi connectivity index (χ2v) is 7.61. The van der Waals surface area contributed by atoms with Crippen molar-refractivity contribution in [2.75, 3.05) is 12.5 Å². The Hall–Kier alpha value is -2.48. The van der Waals surface area contributed by atoms with Crippen LogP contribution in [0.4, 0.5) is 0 Å². The Bertz CT molecular complexity index is 957. The van der Waals surface area contributed by atoms with Crippen molar-refractivity contribution < 1.29 is 14.3 Å². The van der Waals surface area contributed by atoms with Crippen LogP contribution >= 0.6 is 11.8 Å². The third-order valence-corrected chi connectivity index (χ3v) is 5.95. The molecule has 4 rings (SSSR count). The van der Waals surface area contributed by atoms with Crippen LogP contribution in [0.1, 0.15) is 36.2 Å². The van der Waals surface area contributed by atoms with Gasteiger partial charge in [-0.25, -0.2) is 4.98 Å². The SMILES string of the molecule is CCc1c(C)nc2n(c1=O)C(CC(=O)NCc1ccc3c(c1)OCO3)CS2. The second-order valence-electron chi connectivity index (χ2n) is 6.62. The molecule has 7 nitrogen and oxygen atoms in total. The fourth-order valence-electron chi connectivity index (χ4n) is 3.42. The molecule has 0 aliphatic carbocycles. The van der Waals surface area contributed by atoms with E-state index in [2.05, 4.69) is 10.3 Å². The smallest absolute Gasteiger partial charge is 0.257 e. The first-order chi connectivity index (χ1) is 13.1. The van der Waals surface area contributed by atoms with Crippen LogP contribution < -0.4 is 20.3 Å². The minimum absolute atomic E-state index is 0.0152. The van der Waals surface area contributed by atoms with Crippen LogP contribution in [0.25, 0.3) is 0 Å². The number of benzene rings is 1. The van der Waals surface area contributed by atoms with E-state index in [0.717, 1.165) is 22.6 Å². The lowest BCUT2D eigenvalue weighted by Gasteiger charge is -2.15. The highest BCUT2D eigenvalue weighted by Crippen LogP contribution is 2.33. The number of thioether (sulfide) groups is 1. The van der Waals surface area contributed by atoms with Crippen LogP contribution in [0, 0.1) is 6.92 Å². The fraction of sp³-hybridized carbons (Fsp3) is 0.421. The summed E-state index contributed by atoms with van der Waals surface area (Å²) in [6.45, 7) is 4.45. The molecule has 2 aromatic rings. The normalized spacial score (nSPS) is 17.0. The molecule has 0 saturated carbocycles. The van der Waals surface area contributed by atoms with E-state index in [4.69, 9.17) is 9.47 Å². The standard InChI is InChI=1S/C19H21N3O4S/c1-3-14-11(2)21-19-22(18(14)24)13(9-27-19)7-17(23)20-8-12-4-5-15-16(6-12)26-10-25-15/h4-6,13H,3,7-10H2,1-2H3,(H,20,23). The number of nitrogens with one attached hydrogen (secondary N) is 1. The molecule has 1 N–H and O–H groups in total. The summed E-state index contributed by atoms with van der Waals surface area (Å²) in [5.41, 5.74) is 2.44. The summed E-state index contributed by atoms with van der Waals surface area (Å²) in [5.74, 6) is 2.02. The predicted molar refractivity (Wildman–Crippen MR) is 101 cm³/mol. The summed E-state index contributed by atoms with van der Waals surface area (Å²) in [7, 11) is 0. The van der Waals surface area contributed by atoms with Crippen LogP contribution in [0.5, 0.6) is 11.5 Å². The lowest BCUT2D eigenvalue weighted by atomic mass is 10.1. The van der Waals surface area contributed by atoms with Gasteiger partial charge in [-0.3, -0.25) is 14.2 Å². The molecule has 2 aliphatic rings. The summed E-state index contributed by atoms with van der Waals surface area (Å²) < 4.78 is 12.3. The van der Waals surface area contributed by atoms with E-state index in [1.54, 1.807) is 4.57 Å². The van der Waals surface area contributed by atoms with Crippen LogP contribution in [-0.2, 0) is 17.8 Å². The Morgan fingerprint density at radius 1 is 1.37 bits per heavy atom. The number of rotatable bonds is 5. The Kier molecular flexibility index (Phi) is 4.82. The zero-order chi connectivity index (χ0) is 19.0. The third-order valence-electron chi connectivity index (χ3n) is 4.85. The van der Waals surface area contributed by atoms with Gasteiger partial charge in [0.1, 0.15) is 0 Å². The average Bonchev–Trinajstić information content (AvgIpc) is 3.27. The minimum atomic E-state index is -0.160. The first-order valence-corrected chi connectivity index (χ1v) is 9.95. The molecule has 3 heterocycles. The van der Waals surface area contributed by atoms with Crippen LogP contribution in [0.2, 0.25) is 0 Å². The Labute approximate surface area is 161 Å². The van der Waals surface area contributed by atoms with Crippen molar-refractivity contribution in [1.29, 1.82) is 0 Å². The van der Waals surface area contributed by atoms with Crippen molar-refractivity contribution in [2.24, 2.45) is 0 Å². The van der Waals surface area contributed by atoms with E-state index in [1.165, 1.54) is 11.8 Å². The summed E-state index contributed by atoms with van der Waals surface area (Å²) in [5, 5.41) is 3.64. The monoisotopic (exact) mass is 387 g/mol. The minimum Gasteiger partial charge on any atom is -0.454 e. The Morgan fingerprint density at radius 2 is 2.19 bits per heavy atom. The highest BCUT2D eigenvalue weighted by molar-refractivity contribution is 7.99. The van der Waals surface area contributed by atoms with Crippen LogP contribution in [0.15, 0.2) is 28.2 Å². The molecule has 0 spiro atoms. The van der Waals surface area contributed by atoms with Crippen LogP contribution in [-0.4, -0.2) is 28.0 Å². The van der Waals surface area contributed by atoms with Crippen molar-refractivity contribution in [3.63, 3.8) is 0 Å². The first kappa shape index (κ1) is 17.9. The van der Waals surface area contributed by atoms with Gasteiger partial charge in [0.15, 0.2) is 16.7 Å². The topological polar surface area (TPSA) is 82.5 Å². The van der Waals surface area contributed by atoms with E-state index in [0.29, 0.717) is 29.6 Å². The van der Waals surface area contributed by atoms with Crippen molar-refractivity contribution >= 4 is 17.7 Å². The molecule has 1 unspecified atom stereocenters. The number of hydrogen-bond donors (Lipinski definition) is 1. The highest BCUT2D eigenvalue weighted by Gasteiger charge is 2.29. The number of fused-ring (bicyclic) bond motifs is 2. The summed E-state index contributed by atoms with van der Waals surface area (Å²) in [6.07, 6.45) is 0.907. The van der Waals surface area contributed by atoms with E-state index in [1.807, 2.05) is 32.0 Å². The van der Waals surface area contributed by atoms with Gasteiger partial charge in [0.2, 0.25) is 12.7 Å². The van der Waals surface area contributed by atoms with E-state index in [-0.39, 0.29) is 30.7 Å². The van der Waals surface area contributed by atoms with Gasteiger partial charge in [0.05, 0.1) is 6.04 Å². The number of aromatic nitrogens is 2. The molecular formula is C19H21N3O4S. The van der Waals surface area contributed by atoms with Gasteiger partial charge >= 0.3 is 0 Å². The van der Waals surface area contributed by atoms with Gasteiger partial charge < -0.3 is 14.8 Å². The summed E-state index contributed by atoms with van der Waals surface area (Å²) >= 11 is 1.53. The number of carbonyl (C=O) groups excluding carboxylic acids is 1.